The highest BCUT2D eigenvalue weighted by Crippen LogP contribution is 2.27. The Morgan fingerprint density at radius 2 is 2.05 bits per heavy atom. The Hall–Kier alpha value is -2.30. The largest absolute Gasteiger partial charge is 0.397 e. The highest BCUT2D eigenvalue weighted by atomic mass is 16.2. The molecule has 21 heavy (non-hydrogen) atoms. The van der Waals surface area contributed by atoms with Crippen LogP contribution in [0.25, 0.3) is 10.9 Å². The molecule has 0 aliphatic heterocycles. The number of nitrogen functional groups attached to an aromatic ring is 1. The van der Waals surface area contributed by atoms with Crippen molar-refractivity contribution in [2.24, 2.45) is 0 Å². The third kappa shape index (κ3) is 3.42. The number of carbonyl (C=O) groups excluding carboxylic acids is 1. The molecule has 112 valence electrons. The predicted molar refractivity (Wildman–Crippen MR) is 87.2 cm³/mol. The summed E-state index contributed by atoms with van der Waals surface area (Å²) in [6.07, 6.45) is 2.21. The molecule has 0 saturated carbocycles. The quantitative estimate of drug-likeness (QED) is 0.800. The summed E-state index contributed by atoms with van der Waals surface area (Å²) in [6.45, 7) is 6.05. The summed E-state index contributed by atoms with van der Waals surface area (Å²) < 4.78 is 0. The number of nitrogens with two attached hydrogens (primary N) is 1. The summed E-state index contributed by atoms with van der Waals surface area (Å²) in [4.78, 5) is 18.0. The summed E-state index contributed by atoms with van der Waals surface area (Å²) in [5.74, 6) is 0.161. The smallest absolute Gasteiger partial charge is 0.224 e. The minimum atomic E-state index is 0.161. The zero-order valence-corrected chi connectivity index (χ0v) is 12.6. The molecule has 0 atom stereocenters. The number of anilines is 2. The van der Waals surface area contributed by atoms with Gasteiger partial charge in [0.1, 0.15) is 0 Å². The number of hydrogen-bond acceptors (Lipinski definition) is 4. The fourth-order valence-corrected chi connectivity index (χ4v) is 2.37. The van der Waals surface area contributed by atoms with Gasteiger partial charge in [-0.15, -0.1) is 0 Å². The molecule has 2 aromatic rings. The molecule has 5 heteroatoms. The topological polar surface area (TPSA) is 71.2 Å². The lowest BCUT2D eigenvalue weighted by atomic mass is 10.1. The highest BCUT2D eigenvalue weighted by Gasteiger charge is 2.09. The Morgan fingerprint density at radius 1 is 1.29 bits per heavy atom. The van der Waals surface area contributed by atoms with Crippen LogP contribution < -0.4 is 11.1 Å². The van der Waals surface area contributed by atoms with Crippen LogP contribution in [0, 0.1) is 0 Å². The molecule has 0 aliphatic rings. The van der Waals surface area contributed by atoms with Crippen molar-refractivity contribution in [2.45, 2.75) is 20.3 Å². The van der Waals surface area contributed by atoms with Gasteiger partial charge < -0.3 is 16.0 Å². The number of carbonyl (C=O) groups is 1. The third-order valence-electron chi connectivity index (χ3n) is 3.60. The number of nitrogens with one attached hydrogen (secondary N) is 1. The lowest BCUT2D eigenvalue weighted by Crippen LogP contribution is -2.31. The maximum atomic E-state index is 11.9. The number of nitrogens with zero attached hydrogens (tertiary/aromatic N) is 2. The zero-order chi connectivity index (χ0) is 15.2. The normalized spacial score (nSPS) is 10.6. The van der Waals surface area contributed by atoms with Gasteiger partial charge >= 0.3 is 0 Å². The molecule has 0 bridgehead atoms. The third-order valence-corrected chi connectivity index (χ3v) is 3.60. The van der Waals surface area contributed by atoms with Crippen LogP contribution in [0.2, 0.25) is 0 Å². The van der Waals surface area contributed by atoms with E-state index in [2.05, 4.69) is 10.3 Å². The predicted octanol–water partition coefficient (Wildman–Crippen LogP) is 2.49. The summed E-state index contributed by atoms with van der Waals surface area (Å²) in [6, 6.07) is 7.66. The number of hydrogen-bond donors (Lipinski definition) is 2. The van der Waals surface area contributed by atoms with Gasteiger partial charge in [-0.3, -0.25) is 9.78 Å². The van der Waals surface area contributed by atoms with Gasteiger partial charge in [0.25, 0.3) is 0 Å². The minimum absolute atomic E-state index is 0.161. The standard InChI is InChI=1S/C16H22N4O/c1-3-20(4-2)15(21)9-11-19-14-8-7-13-12(16(14)17)6-5-10-18-13/h5-8,10,19H,3-4,9,11,17H2,1-2H3. The summed E-state index contributed by atoms with van der Waals surface area (Å²) in [5.41, 5.74) is 8.55. The number of pyridine rings is 1. The molecular formula is C16H22N4O. The van der Waals surface area contributed by atoms with E-state index in [-0.39, 0.29) is 5.91 Å². The maximum absolute atomic E-state index is 11.9. The van der Waals surface area contributed by atoms with Crippen LogP contribution in [0.5, 0.6) is 0 Å². The molecule has 0 fully saturated rings. The molecule has 5 nitrogen and oxygen atoms in total. The minimum Gasteiger partial charge on any atom is -0.397 e. The van der Waals surface area contributed by atoms with Crippen LogP contribution in [-0.4, -0.2) is 35.4 Å². The maximum Gasteiger partial charge on any atom is 0.224 e. The Bertz CT molecular complexity index is 623. The van der Waals surface area contributed by atoms with Crippen LogP contribution in [0.4, 0.5) is 11.4 Å². The zero-order valence-electron chi connectivity index (χ0n) is 12.6. The lowest BCUT2D eigenvalue weighted by Gasteiger charge is -2.19. The molecule has 1 amide bonds. The first kappa shape index (κ1) is 15.1. The molecular weight excluding hydrogens is 264 g/mol. The molecule has 1 heterocycles. The monoisotopic (exact) mass is 286 g/mol. The van der Waals surface area contributed by atoms with Crippen molar-refractivity contribution in [3.63, 3.8) is 0 Å². The first-order valence-corrected chi connectivity index (χ1v) is 7.32. The Labute approximate surface area is 125 Å². The highest BCUT2D eigenvalue weighted by molar-refractivity contribution is 5.96. The van der Waals surface area contributed by atoms with Gasteiger partial charge in [0, 0.05) is 37.6 Å². The number of aromatic nitrogens is 1. The van der Waals surface area contributed by atoms with Gasteiger partial charge in [0.05, 0.1) is 16.9 Å². The van der Waals surface area contributed by atoms with E-state index < -0.39 is 0 Å². The average Bonchev–Trinajstić information content (AvgIpc) is 2.51. The Balaban J connectivity index is 2.01. The molecule has 0 unspecified atom stereocenters. The van der Waals surface area contributed by atoms with Gasteiger partial charge in [-0.25, -0.2) is 0 Å². The second kappa shape index (κ2) is 6.92. The van der Waals surface area contributed by atoms with E-state index in [0.717, 1.165) is 29.7 Å². The van der Waals surface area contributed by atoms with E-state index in [0.29, 0.717) is 18.7 Å². The SMILES string of the molecule is CCN(CC)C(=O)CCNc1ccc2ncccc2c1N. The van der Waals surface area contributed by atoms with Crippen LogP contribution in [0.1, 0.15) is 20.3 Å². The first-order chi connectivity index (χ1) is 10.2. The van der Waals surface area contributed by atoms with E-state index in [1.54, 1.807) is 6.20 Å². The summed E-state index contributed by atoms with van der Waals surface area (Å²) >= 11 is 0. The number of amides is 1. The van der Waals surface area contributed by atoms with E-state index >= 15 is 0 Å². The van der Waals surface area contributed by atoms with Gasteiger partial charge in [0.15, 0.2) is 0 Å². The molecule has 0 aliphatic carbocycles. The van der Waals surface area contributed by atoms with Crippen LogP contribution >= 0.6 is 0 Å². The second-order valence-corrected chi connectivity index (χ2v) is 4.84. The van der Waals surface area contributed by atoms with Crippen molar-refractivity contribution in [1.82, 2.24) is 9.88 Å². The van der Waals surface area contributed by atoms with Gasteiger partial charge in [-0.05, 0) is 38.1 Å². The molecule has 2 rings (SSSR count). The van der Waals surface area contributed by atoms with Crippen molar-refractivity contribution < 1.29 is 4.79 Å². The van der Waals surface area contributed by atoms with Gasteiger partial charge in [-0.2, -0.15) is 0 Å². The van der Waals surface area contributed by atoms with Crippen molar-refractivity contribution in [1.29, 1.82) is 0 Å². The van der Waals surface area contributed by atoms with E-state index in [9.17, 15) is 4.79 Å². The van der Waals surface area contributed by atoms with E-state index in [1.165, 1.54) is 0 Å². The number of fused-ring (bicyclic) bond motifs is 1. The van der Waals surface area contributed by atoms with E-state index in [1.807, 2.05) is 43.0 Å². The van der Waals surface area contributed by atoms with Crippen molar-refractivity contribution in [2.75, 3.05) is 30.7 Å². The summed E-state index contributed by atoms with van der Waals surface area (Å²) in [7, 11) is 0. The van der Waals surface area contributed by atoms with Crippen LogP contribution in [0.15, 0.2) is 30.5 Å². The van der Waals surface area contributed by atoms with Crippen molar-refractivity contribution in [3.05, 3.63) is 30.5 Å². The molecule has 3 N–H and O–H groups in total. The molecule has 0 radical (unpaired) electrons. The first-order valence-electron chi connectivity index (χ1n) is 7.32. The van der Waals surface area contributed by atoms with Crippen molar-refractivity contribution >= 4 is 28.2 Å². The summed E-state index contributed by atoms with van der Waals surface area (Å²) in [5, 5.41) is 4.17. The molecule has 0 spiro atoms. The molecule has 1 aromatic heterocycles. The number of rotatable bonds is 6. The lowest BCUT2D eigenvalue weighted by molar-refractivity contribution is -0.130. The van der Waals surface area contributed by atoms with Gasteiger partial charge in [0.2, 0.25) is 5.91 Å². The molecule has 1 aromatic carbocycles. The number of benzene rings is 1. The Morgan fingerprint density at radius 3 is 2.76 bits per heavy atom. The fraction of sp³-hybridized carbons (Fsp3) is 0.375. The van der Waals surface area contributed by atoms with Gasteiger partial charge in [-0.1, -0.05) is 0 Å². The molecule has 0 saturated heterocycles. The Kier molecular flexibility index (Phi) is 4.98. The van der Waals surface area contributed by atoms with Crippen molar-refractivity contribution in [3.8, 4) is 0 Å². The van der Waals surface area contributed by atoms with Crippen LogP contribution in [-0.2, 0) is 4.79 Å². The van der Waals surface area contributed by atoms with Crippen LogP contribution in [0.3, 0.4) is 0 Å². The fourth-order valence-electron chi connectivity index (χ4n) is 2.37. The second-order valence-electron chi connectivity index (χ2n) is 4.84. The average molecular weight is 286 g/mol. The van der Waals surface area contributed by atoms with E-state index in [4.69, 9.17) is 5.73 Å².